The van der Waals surface area contributed by atoms with E-state index in [1.807, 2.05) is 47.0 Å². The number of hydrogen-bond acceptors (Lipinski definition) is 4. The summed E-state index contributed by atoms with van der Waals surface area (Å²) in [5, 5.41) is 0. The number of carbonyl (C=O) groups excluding carboxylic acids is 1. The molecule has 0 radical (unpaired) electrons. The van der Waals surface area contributed by atoms with Gasteiger partial charge in [0.2, 0.25) is 11.5 Å². The molecule has 0 unspecified atom stereocenters. The Bertz CT molecular complexity index is 1230. The Kier molecular flexibility index (Phi) is 4.87. The van der Waals surface area contributed by atoms with E-state index in [-0.39, 0.29) is 11.5 Å². The van der Waals surface area contributed by atoms with Gasteiger partial charge in [0.1, 0.15) is 0 Å². The van der Waals surface area contributed by atoms with Crippen LogP contribution in [0, 0.1) is 0 Å². The maximum atomic E-state index is 12.7. The molecule has 3 N–H and O–H groups in total. The molecule has 0 aliphatic carbocycles. The monoisotopic (exact) mass is 387 g/mol. The van der Waals surface area contributed by atoms with E-state index in [0.717, 1.165) is 22.3 Å². The van der Waals surface area contributed by atoms with E-state index in [0.29, 0.717) is 24.5 Å². The molecular formula is C22H21N5O2. The van der Waals surface area contributed by atoms with Crippen molar-refractivity contribution in [1.82, 2.24) is 14.5 Å². The van der Waals surface area contributed by atoms with Crippen LogP contribution < -0.4 is 16.2 Å². The van der Waals surface area contributed by atoms with E-state index in [2.05, 4.69) is 9.97 Å². The third-order valence-electron chi connectivity index (χ3n) is 4.94. The van der Waals surface area contributed by atoms with Crippen molar-refractivity contribution in [1.29, 1.82) is 0 Å². The van der Waals surface area contributed by atoms with E-state index in [1.54, 1.807) is 36.3 Å². The Labute approximate surface area is 167 Å². The second-order valence-electron chi connectivity index (χ2n) is 6.84. The van der Waals surface area contributed by atoms with Gasteiger partial charge in [-0.2, -0.15) is 0 Å². The van der Waals surface area contributed by atoms with Crippen molar-refractivity contribution in [3.05, 3.63) is 88.3 Å². The standard InChI is InChI=1S/C22H21N5O2/c1-26(21(29)16-5-3-2-4-6-16)17-7-8-19-18(14-17)25-22(23)27(19)12-10-15-9-11-24-20(28)13-15/h2-9,11,13-14H,10,12H2,1H3,(H2,23,25)(H,24,28). The fraction of sp³-hybridized carbons (Fsp3) is 0.136. The van der Waals surface area contributed by atoms with Gasteiger partial charge in [0.15, 0.2) is 0 Å². The van der Waals surface area contributed by atoms with Crippen molar-refractivity contribution >= 4 is 28.6 Å². The molecule has 0 aliphatic heterocycles. The van der Waals surface area contributed by atoms with Crippen LogP contribution >= 0.6 is 0 Å². The third-order valence-corrected chi connectivity index (χ3v) is 4.94. The highest BCUT2D eigenvalue weighted by Gasteiger charge is 2.15. The molecule has 0 bridgehead atoms. The molecule has 7 heteroatoms. The van der Waals surface area contributed by atoms with Crippen LogP contribution in [0.1, 0.15) is 15.9 Å². The number of nitrogens with zero attached hydrogens (tertiary/aromatic N) is 3. The van der Waals surface area contributed by atoms with Crippen LogP contribution in [0.25, 0.3) is 11.0 Å². The minimum absolute atomic E-state index is 0.0911. The first kappa shape index (κ1) is 18.5. The number of anilines is 2. The van der Waals surface area contributed by atoms with Crippen molar-refractivity contribution in [2.45, 2.75) is 13.0 Å². The highest BCUT2D eigenvalue weighted by molar-refractivity contribution is 6.06. The first-order chi connectivity index (χ1) is 14.0. The van der Waals surface area contributed by atoms with Crippen LogP contribution in [0.5, 0.6) is 0 Å². The average Bonchev–Trinajstić information content (AvgIpc) is 3.06. The van der Waals surface area contributed by atoms with Crippen LogP contribution in [0.2, 0.25) is 0 Å². The van der Waals surface area contributed by atoms with Crippen LogP contribution in [0.3, 0.4) is 0 Å². The van der Waals surface area contributed by atoms with Gasteiger partial charge in [0.25, 0.3) is 5.91 Å². The number of fused-ring (bicyclic) bond motifs is 1. The highest BCUT2D eigenvalue weighted by Crippen LogP contribution is 2.25. The van der Waals surface area contributed by atoms with Gasteiger partial charge in [-0.1, -0.05) is 18.2 Å². The molecule has 4 rings (SSSR count). The minimum Gasteiger partial charge on any atom is -0.369 e. The van der Waals surface area contributed by atoms with E-state index in [4.69, 9.17) is 5.73 Å². The van der Waals surface area contributed by atoms with Crippen molar-refractivity contribution in [2.75, 3.05) is 17.7 Å². The lowest BCUT2D eigenvalue weighted by atomic mass is 10.2. The number of nitrogens with two attached hydrogens (primary N) is 1. The summed E-state index contributed by atoms with van der Waals surface area (Å²) in [6, 6.07) is 18.3. The second-order valence-corrected chi connectivity index (χ2v) is 6.84. The topological polar surface area (TPSA) is 97.0 Å². The first-order valence-electron chi connectivity index (χ1n) is 9.29. The summed E-state index contributed by atoms with van der Waals surface area (Å²) < 4.78 is 1.92. The minimum atomic E-state index is -0.123. The molecule has 1 amide bonds. The number of aryl methyl sites for hydroxylation is 2. The van der Waals surface area contributed by atoms with Crippen LogP contribution in [0.15, 0.2) is 71.7 Å². The summed E-state index contributed by atoms with van der Waals surface area (Å²) in [5.74, 6) is 0.311. The number of benzene rings is 2. The molecule has 29 heavy (non-hydrogen) atoms. The first-order valence-corrected chi connectivity index (χ1v) is 9.29. The lowest BCUT2D eigenvalue weighted by Gasteiger charge is -2.17. The summed E-state index contributed by atoms with van der Waals surface area (Å²) in [5.41, 5.74) is 9.91. The fourth-order valence-electron chi connectivity index (χ4n) is 3.36. The lowest BCUT2D eigenvalue weighted by molar-refractivity contribution is 0.0993. The maximum Gasteiger partial charge on any atom is 0.258 e. The van der Waals surface area contributed by atoms with Gasteiger partial charge >= 0.3 is 0 Å². The molecule has 0 saturated carbocycles. The molecule has 0 atom stereocenters. The quantitative estimate of drug-likeness (QED) is 0.550. The Hall–Kier alpha value is -3.87. The third kappa shape index (κ3) is 3.75. The number of nitrogen functional groups attached to an aromatic ring is 1. The number of aromatic amines is 1. The Morgan fingerprint density at radius 3 is 2.69 bits per heavy atom. The van der Waals surface area contributed by atoms with Crippen molar-refractivity contribution in [3.63, 3.8) is 0 Å². The van der Waals surface area contributed by atoms with Gasteiger partial charge in [-0.25, -0.2) is 4.98 Å². The van der Waals surface area contributed by atoms with Gasteiger partial charge in [-0.05, 0) is 48.4 Å². The highest BCUT2D eigenvalue weighted by atomic mass is 16.2. The Balaban J connectivity index is 1.59. The molecule has 2 aromatic carbocycles. The number of hydrogen-bond donors (Lipinski definition) is 2. The number of H-pyrrole nitrogens is 1. The summed E-state index contributed by atoms with van der Waals surface area (Å²) >= 11 is 0. The normalized spacial score (nSPS) is 10.9. The summed E-state index contributed by atoms with van der Waals surface area (Å²) in [6.07, 6.45) is 2.30. The van der Waals surface area contributed by atoms with E-state index in [9.17, 15) is 9.59 Å². The molecule has 0 spiro atoms. The predicted octanol–water partition coefficient (Wildman–Crippen LogP) is 2.83. The van der Waals surface area contributed by atoms with Crippen LogP contribution in [-0.2, 0) is 13.0 Å². The molecule has 2 heterocycles. The molecule has 2 aromatic heterocycles. The molecule has 0 aliphatic rings. The molecule has 0 saturated heterocycles. The van der Waals surface area contributed by atoms with Gasteiger partial charge in [-0.3, -0.25) is 9.59 Å². The lowest BCUT2D eigenvalue weighted by Crippen LogP contribution is -2.26. The molecule has 7 nitrogen and oxygen atoms in total. The smallest absolute Gasteiger partial charge is 0.258 e. The predicted molar refractivity (Wildman–Crippen MR) is 114 cm³/mol. The SMILES string of the molecule is CN(C(=O)c1ccccc1)c1ccc2c(c1)nc(N)n2CCc1cc[nH]c(=O)c1. The maximum absolute atomic E-state index is 12.7. The zero-order valence-corrected chi connectivity index (χ0v) is 16.0. The van der Waals surface area contributed by atoms with E-state index >= 15 is 0 Å². The molecule has 0 fully saturated rings. The number of carbonyl (C=O) groups is 1. The molecule has 4 aromatic rings. The number of amides is 1. The number of pyridine rings is 1. The number of nitrogens with one attached hydrogen (secondary N) is 1. The average molecular weight is 387 g/mol. The zero-order valence-electron chi connectivity index (χ0n) is 16.0. The van der Waals surface area contributed by atoms with Crippen molar-refractivity contribution in [2.24, 2.45) is 0 Å². The van der Waals surface area contributed by atoms with E-state index in [1.165, 1.54) is 0 Å². The van der Waals surface area contributed by atoms with Gasteiger partial charge in [0.05, 0.1) is 11.0 Å². The number of imidazole rings is 1. The van der Waals surface area contributed by atoms with Gasteiger partial charge in [0, 0.05) is 37.1 Å². The van der Waals surface area contributed by atoms with Crippen LogP contribution in [0.4, 0.5) is 11.6 Å². The summed E-state index contributed by atoms with van der Waals surface area (Å²) in [6.45, 7) is 0.601. The molecular weight excluding hydrogens is 366 g/mol. The zero-order chi connectivity index (χ0) is 20.4. The largest absolute Gasteiger partial charge is 0.369 e. The van der Waals surface area contributed by atoms with Crippen molar-refractivity contribution in [3.8, 4) is 0 Å². The fourth-order valence-corrected chi connectivity index (χ4v) is 3.36. The summed E-state index contributed by atoms with van der Waals surface area (Å²) in [7, 11) is 1.74. The Morgan fingerprint density at radius 2 is 1.93 bits per heavy atom. The number of aromatic nitrogens is 3. The van der Waals surface area contributed by atoms with Gasteiger partial charge < -0.3 is 20.2 Å². The number of rotatable bonds is 5. The van der Waals surface area contributed by atoms with Crippen LogP contribution in [-0.4, -0.2) is 27.5 Å². The second kappa shape index (κ2) is 7.63. The summed E-state index contributed by atoms with van der Waals surface area (Å²) in [4.78, 5) is 32.8. The Morgan fingerprint density at radius 1 is 1.14 bits per heavy atom. The van der Waals surface area contributed by atoms with Crippen molar-refractivity contribution < 1.29 is 4.79 Å². The molecule has 146 valence electrons. The van der Waals surface area contributed by atoms with E-state index < -0.39 is 0 Å². The van der Waals surface area contributed by atoms with Gasteiger partial charge in [-0.15, -0.1) is 0 Å².